The van der Waals surface area contributed by atoms with Gasteiger partial charge in [-0.3, -0.25) is 4.55 Å². The molecule has 0 saturated carbocycles. The number of nitrogens with zero attached hydrogens (tertiary/aromatic N) is 2. The van der Waals surface area contributed by atoms with Gasteiger partial charge in [-0.15, -0.1) is 5.11 Å². The highest BCUT2D eigenvalue weighted by molar-refractivity contribution is 7.85. The van der Waals surface area contributed by atoms with Crippen LogP contribution in [-0.4, -0.2) is 18.1 Å². The molecule has 0 aliphatic carbocycles. The third-order valence-corrected chi connectivity index (χ3v) is 3.16. The highest BCUT2D eigenvalue weighted by Gasteiger charge is 2.08. The zero-order valence-corrected chi connectivity index (χ0v) is 10.4. The molecule has 6 nitrogen and oxygen atoms in total. The van der Waals surface area contributed by atoms with Gasteiger partial charge in [0.25, 0.3) is 10.1 Å². The molecule has 2 aromatic carbocycles. The summed E-state index contributed by atoms with van der Waals surface area (Å²) >= 11 is 0. The first kappa shape index (κ1) is 13.2. The van der Waals surface area contributed by atoms with Crippen molar-refractivity contribution < 1.29 is 18.1 Å². The summed E-state index contributed by atoms with van der Waals surface area (Å²) in [6.45, 7) is 0. The molecule has 98 valence electrons. The normalized spacial score (nSPS) is 11.8. The molecular formula is C12H10N2O4S. The van der Waals surface area contributed by atoms with Crippen molar-refractivity contribution in [2.45, 2.75) is 4.90 Å². The Bertz CT molecular complexity index is 709. The van der Waals surface area contributed by atoms with Gasteiger partial charge < -0.3 is 5.11 Å². The molecule has 0 bridgehead atoms. The lowest BCUT2D eigenvalue weighted by Crippen LogP contribution is -1.96. The fourth-order valence-corrected chi connectivity index (χ4v) is 1.83. The van der Waals surface area contributed by atoms with Crippen LogP contribution in [0.3, 0.4) is 0 Å². The molecule has 2 rings (SSSR count). The van der Waals surface area contributed by atoms with Crippen LogP contribution in [0, 0.1) is 0 Å². The molecule has 19 heavy (non-hydrogen) atoms. The van der Waals surface area contributed by atoms with E-state index in [2.05, 4.69) is 10.2 Å². The minimum Gasteiger partial charge on any atom is -0.506 e. The van der Waals surface area contributed by atoms with Crippen molar-refractivity contribution in [1.29, 1.82) is 0 Å². The predicted molar refractivity (Wildman–Crippen MR) is 68.5 cm³/mol. The number of phenols is 1. The minimum absolute atomic E-state index is 0.000746. The highest BCUT2D eigenvalue weighted by Crippen LogP contribution is 2.27. The molecule has 0 amide bonds. The third-order valence-electron chi connectivity index (χ3n) is 2.29. The lowest BCUT2D eigenvalue weighted by atomic mass is 10.3. The second-order valence-corrected chi connectivity index (χ2v) is 5.08. The standard InChI is InChI=1S/C12H10N2O4S/c15-12-4-2-1-3-11(12)14-13-9-5-7-10(8-6-9)19(16,17)18/h1-8,15H,(H,16,17,18). The molecule has 0 aromatic heterocycles. The summed E-state index contributed by atoms with van der Waals surface area (Å²) in [6.07, 6.45) is 0. The Balaban J connectivity index is 2.23. The molecule has 0 spiro atoms. The Labute approximate surface area is 109 Å². The first-order chi connectivity index (χ1) is 8.97. The van der Waals surface area contributed by atoms with Gasteiger partial charge in [0.15, 0.2) is 0 Å². The van der Waals surface area contributed by atoms with Gasteiger partial charge in [0.1, 0.15) is 11.4 Å². The van der Waals surface area contributed by atoms with Gasteiger partial charge in [0, 0.05) is 0 Å². The van der Waals surface area contributed by atoms with E-state index in [0.717, 1.165) is 0 Å². The van der Waals surface area contributed by atoms with Crippen molar-refractivity contribution in [3.05, 3.63) is 48.5 Å². The average molecular weight is 278 g/mol. The molecule has 0 fully saturated rings. The van der Waals surface area contributed by atoms with Crippen molar-refractivity contribution >= 4 is 21.5 Å². The summed E-state index contributed by atoms with van der Waals surface area (Å²) < 4.78 is 30.5. The van der Waals surface area contributed by atoms with Gasteiger partial charge in [-0.1, -0.05) is 12.1 Å². The van der Waals surface area contributed by atoms with Gasteiger partial charge in [0.05, 0.1) is 10.6 Å². The lowest BCUT2D eigenvalue weighted by Gasteiger charge is -1.98. The molecule has 0 aliphatic heterocycles. The zero-order chi connectivity index (χ0) is 13.9. The fourth-order valence-electron chi connectivity index (χ4n) is 1.35. The second kappa shape index (κ2) is 5.17. The van der Waals surface area contributed by atoms with Crippen molar-refractivity contribution in [3.8, 4) is 5.75 Å². The van der Waals surface area contributed by atoms with Crippen molar-refractivity contribution in [2.75, 3.05) is 0 Å². The van der Waals surface area contributed by atoms with Crippen LogP contribution < -0.4 is 0 Å². The number of hydrogen-bond donors (Lipinski definition) is 2. The minimum atomic E-state index is -4.21. The van der Waals surface area contributed by atoms with Crippen LogP contribution in [0.2, 0.25) is 0 Å². The van der Waals surface area contributed by atoms with Crippen LogP contribution in [0.4, 0.5) is 11.4 Å². The van der Waals surface area contributed by atoms with Gasteiger partial charge in [0.2, 0.25) is 0 Å². The van der Waals surface area contributed by atoms with Crippen molar-refractivity contribution in [3.63, 3.8) is 0 Å². The number of hydrogen-bond acceptors (Lipinski definition) is 5. The third kappa shape index (κ3) is 3.36. The monoisotopic (exact) mass is 278 g/mol. The Morgan fingerprint density at radius 3 is 2.11 bits per heavy atom. The second-order valence-electron chi connectivity index (χ2n) is 3.66. The summed E-state index contributed by atoms with van der Waals surface area (Å²) in [5.74, 6) is 0.000746. The topological polar surface area (TPSA) is 99.3 Å². The molecule has 0 radical (unpaired) electrons. The van der Waals surface area contributed by atoms with Gasteiger partial charge in [-0.05, 0) is 36.4 Å². The molecule has 0 unspecified atom stereocenters. The number of para-hydroxylation sites is 1. The van der Waals surface area contributed by atoms with E-state index in [1.165, 1.54) is 30.3 Å². The fraction of sp³-hybridized carbons (Fsp3) is 0. The maximum atomic E-state index is 10.8. The number of aromatic hydroxyl groups is 1. The Morgan fingerprint density at radius 1 is 0.895 bits per heavy atom. The number of azo groups is 1. The molecule has 0 aliphatic rings. The van der Waals surface area contributed by atoms with E-state index in [4.69, 9.17) is 4.55 Å². The predicted octanol–water partition coefficient (Wildman–Crippen LogP) is 3.05. The quantitative estimate of drug-likeness (QED) is 0.665. The summed E-state index contributed by atoms with van der Waals surface area (Å²) in [5.41, 5.74) is 0.706. The SMILES string of the molecule is O=S(=O)(O)c1ccc(N=Nc2ccccc2O)cc1. The first-order valence-electron chi connectivity index (χ1n) is 5.24. The summed E-state index contributed by atoms with van der Waals surface area (Å²) in [5, 5.41) is 17.2. The Kier molecular flexibility index (Phi) is 3.59. The van der Waals surface area contributed by atoms with Crippen molar-refractivity contribution in [1.82, 2.24) is 0 Å². The van der Waals surface area contributed by atoms with E-state index in [1.807, 2.05) is 0 Å². The van der Waals surface area contributed by atoms with Gasteiger partial charge in [-0.25, -0.2) is 0 Å². The number of benzene rings is 2. The van der Waals surface area contributed by atoms with Crippen LogP contribution in [0.25, 0.3) is 0 Å². The van der Waals surface area contributed by atoms with Crippen LogP contribution >= 0.6 is 0 Å². The van der Waals surface area contributed by atoms with Crippen LogP contribution in [0.15, 0.2) is 63.7 Å². The Morgan fingerprint density at radius 2 is 1.53 bits per heavy atom. The van der Waals surface area contributed by atoms with E-state index >= 15 is 0 Å². The number of phenolic OH excluding ortho intramolecular Hbond substituents is 1. The van der Waals surface area contributed by atoms with E-state index in [0.29, 0.717) is 11.4 Å². The highest BCUT2D eigenvalue weighted by atomic mass is 32.2. The zero-order valence-electron chi connectivity index (χ0n) is 9.63. The molecule has 0 saturated heterocycles. The van der Waals surface area contributed by atoms with Crippen LogP contribution in [0.1, 0.15) is 0 Å². The van der Waals surface area contributed by atoms with E-state index in [9.17, 15) is 13.5 Å². The maximum Gasteiger partial charge on any atom is 0.294 e. The first-order valence-corrected chi connectivity index (χ1v) is 6.68. The van der Waals surface area contributed by atoms with E-state index < -0.39 is 10.1 Å². The van der Waals surface area contributed by atoms with Crippen molar-refractivity contribution in [2.24, 2.45) is 10.2 Å². The van der Waals surface area contributed by atoms with Crippen LogP contribution in [-0.2, 0) is 10.1 Å². The summed E-state index contributed by atoms with van der Waals surface area (Å²) in [7, 11) is -4.21. The molecule has 2 N–H and O–H groups in total. The molecule has 2 aromatic rings. The Hall–Kier alpha value is -2.25. The summed E-state index contributed by atoms with van der Waals surface area (Å²) in [4.78, 5) is -0.214. The smallest absolute Gasteiger partial charge is 0.294 e. The number of rotatable bonds is 3. The largest absolute Gasteiger partial charge is 0.506 e. The van der Waals surface area contributed by atoms with E-state index in [1.54, 1.807) is 18.2 Å². The average Bonchev–Trinajstić information content (AvgIpc) is 2.37. The lowest BCUT2D eigenvalue weighted by molar-refractivity contribution is 0.476. The molecular weight excluding hydrogens is 268 g/mol. The molecule has 0 atom stereocenters. The van der Waals surface area contributed by atoms with E-state index in [-0.39, 0.29) is 10.6 Å². The van der Waals surface area contributed by atoms with Gasteiger partial charge in [-0.2, -0.15) is 13.5 Å². The van der Waals surface area contributed by atoms with Gasteiger partial charge >= 0.3 is 0 Å². The summed E-state index contributed by atoms with van der Waals surface area (Å²) in [6, 6.07) is 11.7. The van der Waals surface area contributed by atoms with Crippen LogP contribution in [0.5, 0.6) is 5.75 Å². The molecule has 7 heteroatoms. The maximum absolute atomic E-state index is 10.8. The molecule has 0 heterocycles.